The highest BCUT2D eigenvalue weighted by Gasteiger charge is 2.39. The minimum atomic E-state index is 0. The molecule has 3 fully saturated rings. The van der Waals surface area contributed by atoms with Crippen LogP contribution in [0, 0.1) is 5.92 Å². The highest BCUT2D eigenvalue weighted by Crippen LogP contribution is 2.44. The summed E-state index contributed by atoms with van der Waals surface area (Å²) in [5, 5.41) is 6.96. The van der Waals surface area contributed by atoms with E-state index in [1.54, 1.807) is 7.11 Å². The van der Waals surface area contributed by atoms with Gasteiger partial charge in [-0.2, -0.15) is 0 Å². The Kier molecular flexibility index (Phi) is 6.69. The molecule has 4 rings (SSSR count). The molecule has 5 heteroatoms. The SMILES string of the molecule is COc1ccccc1C1(CNC(=O)CC2CC3CCC(C2)N3)CCCC1.Cl. The molecule has 2 unspecified atom stereocenters. The Morgan fingerprint density at radius 2 is 1.85 bits per heavy atom. The maximum atomic E-state index is 12.7. The van der Waals surface area contributed by atoms with Crippen molar-refractivity contribution in [3.63, 3.8) is 0 Å². The van der Waals surface area contributed by atoms with Gasteiger partial charge in [0.05, 0.1) is 7.11 Å². The number of hydrogen-bond donors (Lipinski definition) is 2. The molecule has 27 heavy (non-hydrogen) atoms. The number of piperidine rings is 1. The van der Waals surface area contributed by atoms with Gasteiger partial charge in [-0.25, -0.2) is 0 Å². The second kappa shape index (κ2) is 8.83. The Morgan fingerprint density at radius 1 is 1.19 bits per heavy atom. The Bertz CT molecular complexity index is 633. The summed E-state index contributed by atoms with van der Waals surface area (Å²) in [4.78, 5) is 12.7. The van der Waals surface area contributed by atoms with Crippen molar-refractivity contribution in [2.24, 2.45) is 5.92 Å². The van der Waals surface area contributed by atoms with E-state index >= 15 is 0 Å². The van der Waals surface area contributed by atoms with Gasteiger partial charge in [0.15, 0.2) is 0 Å². The van der Waals surface area contributed by atoms with Crippen molar-refractivity contribution < 1.29 is 9.53 Å². The number of para-hydroxylation sites is 1. The van der Waals surface area contributed by atoms with E-state index < -0.39 is 0 Å². The van der Waals surface area contributed by atoms with Crippen LogP contribution in [0.25, 0.3) is 0 Å². The first-order valence-electron chi connectivity index (χ1n) is 10.3. The molecule has 2 atom stereocenters. The molecule has 4 nitrogen and oxygen atoms in total. The van der Waals surface area contributed by atoms with Gasteiger partial charge in [-0.15, -0.1) is 12.4 Å². The van der Waals surface area contributed by atoms with Gasteiger partial charge in [-0.1, -0.05) is 31.0 Å². The zero-order chi connectivity index (χ0) is 18.0. The Morgan fingerprint density at radius 3 is 2.52 bits per heavy atom. The molecule has 1 saturated carbocycles. The second-order valence-corrected chi connectivity index (χ2v) is 8.64. The summed E-state index contributed by atoms with van der Waals surface area (Å²) in [6.07, 6.45) is 10.3. The molecule has 2 saturated heterocycles. The lowest BCUT2D eigenvalue weighted by atomic mass is 9.78. The van der Waals surface area contributed by atoms with E-state index in [2.05, 4.69) is 22.8 Å². The largest absolute Gasteiger partial charge is 0.496 e. The number of amides is 1. The summed E-state index contributed by atoms with van der Waals surface area (Å²) in [5.41, 5.74) is 1.30. The normalized spacial score (nSPS) is 28.4. The average molecular weight is 393 g/mol. The molecule has 2 bridgehead atoms. The molecule has 1 aromatic rings. The fourth-order valence-electron chi connectivity index (χ4n) is 5.62. The lowest BCUT2D eigenvalue weighted by Gasteiger charge is -2.32. The van der Waals surface area contributed by atoms with Crippen molar-refractivity contribution in [3.8, 4) is 5.75 Å². The third-order valence-electron chi connectivity index (χ3n) is 6.91. The Hall–Kier alpha value is -1.26. The molecule has 1 aliphatic carbocycles. The van der Waals surface area contributed by atoms with Crippen LogP contribution in [0.4, 0.5) is 0 Å². The van der Waals surface area contributed by atoms with E-state index in [9.17, 15) is 4.79 Å². The maximum Gasteiger partial charge on any atom is 0.220 e. The van der Waals surface area contributed by atoms with Crippen molar-refractivity contribution in [2.75, 3.05) is 13.7 Å². The first-order chi connectivity index (χ1) is 12.7. The number of ether oxygens (including phenoxy) is 1. The van der Waals surface area contributed by atoms with Crippen molar-refractivity contribution >= 4 is 18.3 Å². The van der Waals surface area contributed by atoms with Crippen molar-refractivity contribution in [1.29, 1.82) is 0 Å². The van der Waals surface area contributed by atoms with E-state index in [0.717, 1.165) is 25.1 Å². The summed E-state index contributed by atoms with van der Waals surface area (Å²) >= 11 is 0. The van der Waals surface area contributed by atoms with Gasteiger partial charge < -0.3 is 15.4 Å². The van der Waals surface area contributed by atoms with Crippen LogP contribution in [-0.4, -0.2) is 31.6 Å². The van der Waals surface area contributed by atoms with Gasteiger partial charge in [0.25, 0.3) is 0 Å². The number of halogens is 1. The molecule has 2 N–H and O–H groups in total. The molecule has 0 spiro atoms. The Balaban J connectivity index is 0.00000210. The minimum Gasteiger partial charge on any atom is -0.496 e. The van der Waals surface area contributed by atoms with Crippen molar-refractivity contribution in [3.05, 3.63) is 29.8 Å². The zero-order valence-corrected chi connectivity index (χ0v) is 17.2. The summed E-state index contributed by atoms with van der Waals surface area (Å²) in [6.45, 7) is 0.740. The molecule has 3 aliphatic rings. The van der Waals surface area contributed by atoms with E-state index in [1.807, 2.05) is 12.1 Å². The second-order valence-electron chi connectivity index (χ2n) is 8.64. The summed E-state index contributed by atoms with van der Waals surface area (Å²) in [7, 11) is 1.74. The molecule has 0 radical (unpaired) electrons. The molecule has 0 aromatic heterocycles. The van der Waals surface area contributed by atoms with Crippen LogP contribution in [0.15, 0.2) is 24.3 Å². The number of carbonyl (C=O) groups is 1. The molecule has 2 aliphatic heterocycles. The van der Waals surface area contributed by atoms with Crippen LogP contribution in [0.5, 0.6) is 5.75 Å². The van der Waals surface area contributed by atoms with Gasteiger partial charge in [0.2, 0.25) is 5.91 Å². The van der Waals surface area contributed by atoms with Gasteiger partial charge >= 0.3 is 0 Å². The quantitative estimate of drug-likeness (QED) is 0.770. The summed E-state index contributed by atoms with van der Waals surface area (Å²) in [6, 6.07) is 9.64. The van der Waals surface area contributed by atoms with Gasteiger partial charge in [0.1, 0.15) is 5.75 Å². The number of carbonyl (C=O) groups excluding carboxylic acids is 1. The molecule has 1 aromatic carbocycles. The molecule has 1 amide bonds. The molecular formula is C22H33ClN2O2. The topological polar surface area (TPSA) is 50.4 Å². The lowest BCUT2D eigenvalue weighted by molar-refractivity contribution is -0.122. The number of benzene rings is 1. The predicted octanol–water partition coefficient (Wildman–Crippen LogP) is 3.97. The fourth-order valence-corrected chi connectivity index (χ4v) is 5.62. The number of fused-ring (bicyclic) bond motifs is 2. The Labute approximate surface area is 169 Å². The molecule has 150 valence electrons. The monoisotopic (exact) mass is 392 g/mol. The van der Waals surface area contributed by atoms with Gasteiger partial charge in [-0.3, -0.25) is 4.79 Å². The van der Waals surface area contributed by atoms with Crippen LogP contribution in [0.1, 0.15) is 63.4 Å². The van der Waals surface area contributed by atoms with Gasteiger partial charge in [-0.05, 0) is 50.5 Å². The van der Waals surface area contributed by atoms with Gasteiger partial charge in [0, 0.05) is 36.0 Å². The first kappa shape index (κ1) is 20.5. The molecular weight excluding hydrogens is 360 g/mol. The standard InChI is InChI=1S/C22H32N2O2.ClH/c1-26-20-7-3-2-6-19(20)22(10-4-5-11-22)15-23-21(25)14-16-12-17-8-9-18(13-16)24-17;/h2-3,6-7,16-18,24H,4-5,8-15H2,1H3,(H,23,25);1H. The number of nitrogens with one attached hydrogen (secondary N) is 2. The van der Waals surface area contributed by atoms with Crippen LogP contribution >= 0.6 is 12.4 Å². The van der Waals surface area contributed by atoms with E-state index in [0.29, 0.717) is 24.4 Å². The number of hydrogen-bond acceptors (Lipinski definition) is 3. The number of rotatable bonds is 6. The third kappa shape index (κ3) is 4.43. The summed E-state index contributed by atoms with van der Waals surface area (Å²) < 4.78 is 5.62. The smallest absolute Gasteiger partial charge is 0.220 e. The summed E-state index contributed by atoms with van der Waals surface area (Å²) in [5.74, 6) is 1.75. The average Bonchev–Trinajstić information content (AvgIpc) is 3.27. The molecule has 2 heterocycles. The zero-order valence-electron chi connectivity index (χ0n) is 16.3. The van der Waals surface area contributed by atoms with E-state index in [1.165, 1.54) is 44.1 Å². The predicted molar refractivity (Wildman–Crippen MR) is 111 cm³/mol. The fraction of sp³-hybridized carbons (Fsp3) is 0.682. The van der Waals surface area contributed by atoms with Crippen LogP contribution in [-0.2, 0) is 10.2 Å². The van der Waals surface area contributed by atoms with Crippen molar-refractivity contribution in [2.45, 2.75) is 75.3 Å². The van der Waals surface area contributed by atoms with Crippen molar-refractivity contribution in [1.82, 2.24) is 10.6 Å². The van der Waals surface area contributed by atoms with Crippen LogP contribution in [0.3, 0.4) is 0 Å². The highest BCUT2D eigenvalue weighted by molar-refractivity contribution is 5.85. The van der Waals surface area contributed by atoms with Crippen LogP contribution in [0.2, 0.25) is 0 Å². The van der Waals surface area contributed by atoms with E-state index in [-0.39, 0.29) is 23.7 Å². The van der Waals surface area contributed by atoms with Crippen LogP contribution < -0.4 is 15.4 Å². The third-order valence-corrected chi connectivity index (χ3v) is 6.91. The number of methoxy groups -OCH3 is 1. The highest BCUT2D eigenvalue weighted by atomic mass is 35.5. The maximum absolute atomic E-state index is 12.7. The lowest BCUT2D eigenvalue weighted by Crippen LogP contribution is -2.42. The minimum absolute atomic E-state index is 0. The van der Waals surface area contributed by atoms with E-state index in [4.69, 9.17) is 4.74 Å². The first-order valence-corrected chi connectivity index (χ1v) is 10.3.